The molecule has 1 atom stereocenters. The van der Waals surface area contributed by atoms with Gasteiger partial charge in [-0.15, -0.1) is 0 Å². The third-order valence-electron chi connectivity index (χ3n) is 3.10. The molecule has 6 heteroatoms. The molecule has 0 aliphatic heterocycles. The van der Waals surface area contributed by atoms with Crippen LogP contribution in [0.5, 0.6) is 0 Å². The van der Waals surface area contributed by atoms with E-state index in [1.54, 1.807) is 6.07 Å². The number of nitrogens with one attached hydrogen (secondary N) is 1. The highest BCUT2D eigenvalue weighted by molar-refractivity contribution is 9.10. The minimum Gasteiger partial charge on any atom is -0.478 e. The van der Waals surface area contributed by atoms with Crippen molar-refractivity contribution in [2.75, 3.05) is 11.9 Å². The lowest BCUT2D eigenvalue weighted by Gasteiger charge is -2.17. The van der Waals surface area contributed by atoms with E-state index in [1.165, 1.54) is 12.1 Å². The van der Waals surface area contributed by atoms with Crippen molar-refractivity contribution in [1.29, 1.82) is 0 Å². The summed E-state index contributed by atoms with van der Waals surface area (Å²) < 4.78 is 0.647. The highest BCUT2D eigenvalue weighted by Gasteiger charge is 2.15. The number of carbonyl (C=O) groups is 2. The maximum atomic E-state index is 12.1. The molecule has 0 saturated heterocycles. The van der Waals surface area contributed by atoms with E-state index in [4.69, 9.17) is 10.8 Å². The van der Waals surface area contributed by atoms with Gasteiger partial charge in [0.25, 0.3) is 0 Å². The number of hydrogen-bond acceptors (Lipinski definition) is 3. The smallest absolute Gasteiger partial charge is 0.335 e. The second-order valence-electron chi connectivity index (χ2n) is 5.48. The molecule has 1 unspecified atom stereocenters. The first-order chi connectivity index (χ1) is 9.83. The number of carboxylic acid groups (broad SMARTS) is 1. The van der Waals surface area contributed by atoms with E-state index in [2.05, 4.69) is 35.1 Å². The first-order valence-electron chi connectivity index (χ1n) is 6.86. The molecule has 5 nitrogen and oxygen atoms in total. The van der Waals surface area contributed by atoms with E-state index < -0.39 is 5.97 Å². The van der Waals surface area contributed by atoms with Crippen molar-refractivity contribution < 1.29 is 14.7 Å². The minimum atomic E-state index is -1.03. The summed E-state index contributed by atoms with van der Waals surface area (Å²) in [4.78, 5) is 23.0. The van der Waals surface area contributed by atoms with E-state index in [0.29, 0.717) is 29.0 Å². The van der Waals surface area contributed by atoms with Crippen LogP contribution in [0.2, 0.25) is 0 Å². The summed E-state index contributed by atoms with van der Waals surface area (Å²) in [5.41, 5.74) is 6.28. The average molecular weight is 357 g/mol. The molecule has 1 aromatic rings. The average Bonchev–Trinajstić information content (AvgIpc) is 2.39. The monoisotopic (exact) mass is 356 g/mol. The fraction of sp³-hybridized carbons (Fsp3) is 0.467. The maximum absolute atomic E-state index is 12.1. The van der Waals surface area contributed by atoms with Crippen LogP contribution >= 0.6 is 15.9 Å². The van der Waals surface area contributed by atoms with Gasteiger partial charge in [0.05, 0.1) is 11.3 Å². The molecule has 0 aliphatic carbocycles. The quantitative estimate of drug-likeness (QED) is 0.699. The molecular formula is C15H21BrN2O3. The number of aromatic carboxylic acids is 1. The summed E-state index contributed by atoms with van der Waals surface area (Å²) in [5, 5.41) is 11.7. The predicted octanol–water partition coefficient (Wildman–Crippen LogP) is 3.10. The van der Waals surface area contributed by atoms with Gasteiger partial charge in [-0.25, -0.2) is 4.79 Å². The first-order valence-corrected chi connectivity index (χ1v) is 7.65. The Morgan fingerprint density at radius 2 is 2.05 bits per heavy atom. The Hall–Kier alpha value is -1.40. The maximum Gasteiger partial charge on any atom is 0.335 e. The molecule has 1 amide bonds. The largest absolute Gasteiger partial charge is 0.478 e. The number of anilines is 1. The van der Waals surface area contributed by atoms with Gasteiger partial charge in [0.1, 0.15) is 0 Å². The second kappa shape index (κ2) is 8.14. The van der Waals surface area contributed by atoms with Crippen LogP contribution < -0.4 is 11.1 Å². The topological polar surface area (TPSA) is 92.4 Å². The SMILES string of the molecule is CC(C)CC(CN)CC(=O)Nc1cc(C(=O)O)ccc1Br. The lowest BCUT2D eigenvalue weighted by atomic mass is 9.94. The Kier molecular flexibility index (Phi) is 6.84. The van der Waals surface area contributed by atoms with Crippen LogP contribution in [0.4, 0.5) is 5.69 Å². The number of hydrogen-bond donors (Lipinski definition) is 3. The fourth-order valence-corrected chi connectivity index (χ4v) is 2.49. The molecule has 0 heterocycles. The fourth-order valence-electron chi connectivity index (χ4n) is 2.15. The van der Waals surface area contributed by atoms with Gasteiger partial charge in [-0.05, 0) is 58.9 Å². The zero-order chi connectivity index (χ0) is 16.0. The van der Waals surface area contributed by atoms with Gasteiger partial charge in [-0.1, -0.05) is 13.8 Å². The zero-order valence-corrected chi connectivity index (χ0v) is 13.8. The Morgan fingerprint density at radius 3 is 2.57 bits per heavy atom. The van der Waals surface area contributed by atoms with Crippen LogP contribution in [-0.4, -0.2) is 23.5 Å². The standard InChI is InChI=1S/C15H21BrN2O3/c1-9(2)5-10(8-17)6-14(19)18-13-7-11(15(20)21)3-4-12(13)16/h3-4,7,9-10H,5-6,8,17H2,1-2H3,(H,18,19)(H,20,21). The van der Waals surface area contributed by atoms with Gasteiger partial charge in [0.15, 0.2) is 0 Å². The van der Waals surface area contributed by atoms with Crippen molar-refractivity contribution >= 4 is 33.5 Å². The minimum absolute atomic E-state index is 0.131. The molecule has 116 valence electrons. The molecule has 0 fully saturated rings. The van der Waals surface area contributed by atoms with Crippen LogP contribution in [0.15, 0.2) is 22.7 Å². The van der Waals surface area contributed by atoms with Crippen molar-refractivity contribution in [2.45, 2.75) is 26.7 Å². The summed E-state index contributed by atoms with van der Waals surface area (Å²) in [6, 6.07) is 4.52. The highest BCUT2D eigenvalue weighted by Crippen LogP contribution is 2.24. The number of benzene rings is 1. The number of nitrogens with two attached hydrogens (primary N) is 1. The molecule has 0 bridgehead atoms. The lowest BCUT2D eigenvalue weighted by molar-refractivity contribution is -0.117. The number of carbonyl (C=O) groups excluding carboxylic acids is 1. The van der Waals surface area contributed by atoms with Crippen LogP contribution in [0.1, 0.15) is 37.0 Å². The Morgan fingerprint density at radius 1 is 1.38 bits per heavy atom. The normalized spacial score (nSPS) is 12.2. The third kappa shape index (κ3) is 5.85. The molecule has 0 radical (unpaired) electrons. The predicted molar refractivity (Wildman–Crippen MR) is 86.3 cm³/mol. The van der Waals surface area contributed by atoms with Gasteiger partial charge in [0, 0.05) is 10.9 Å². The van der Waals surface area contributed by atoms with Crippen molar-refractivity contribution in [3.8, 4) is 0 Å². The van der Waals surface area contributed by atoms with Gasteiger partial charge < -0.3 is 16.2 Å². The number of amides is 1. The van der Waals surface area contributed by atoms with Crippen LogP contribution in [-0.2, 0) is 4.79 Å². The number of rotatable bonds is 7. The molecular weight excluding hydrogens is 336 g/mol. The summed E-state index contributed by atoms with van der Waals surface area (Å²) in [7, 11) is 0. The molecule has 0 aliphatic rings. The van der Waals surface area contributed by atoms with Gasteiger partial charge in [-0.3, -0.25) is 4.79 Å². The summed E-state index contributed by atoms with van der Waals surface area (Å²) in [6.45, 7) is 4.64. The van der Waals surface area contributed by atoms with E-state index in [1.807, 2.05) is 0 Å². The number of halogens is 1. The van der Waals surface area contributed by atoms with Crippen molar-refractivity contribution in [3.05, 3.63) is 28.2 Å². The summed E-state index contributed by atoms with van der Waals surface area (Å²) in [5.74, 6) is -0.577. The van der Waals surface area contributed by atoms with Crippen molar-refractivity contribution in [2.24, 2.45) is 17.6 Å². The molecule has 1 aromatic carbocycles. The van der Waals surface area contributed by atoms with Gasteiger partial charge in [0.2, 0.25) is 5.91 Å². The van der Waals surface area contributed by atoms with Crippen molar-refractivity contribution in [1.82, 2.24) is 0 Å². The second-order valence-corrected chi connectivity index (χ2v) is 6.34. The lowest BCUT2D eigenvalue weighted by Crippen LogP contribution is -2.23. The Bertz CT molecular complexity index is 518. The Labute approximate surface area is 133 Å². The van der Waals surface area contributed by atoms with E-state index in [0.717, 1.165) is 6.42 Å². The van der Waals surface area contributed by atoms with E-state index in [-0.39, 0.29) is 17.4 Å². The summed E-state index contributed by atoms with van der Waals surface area (Å²) >= 11 is 3.30. The summed E-state index contributed by atoms with van der Waals surface area (Å²) in [6.07, 6.45) is 1.22. The van der Waals surface area contributed by atoms with Gasteiger partial charge >= 0.3 is 5.97 Å². The molecule has 21 heavy (non-hydrogen) atoms. The van der Waals surface area contributed by atoms with Crippen LogP contribution in [0, 0.1) is 11.8 Å². The Balaban J connectivity index is 2.74. The molecule has 0 aromatic heterocycles. The zero-order valence-electron chi connectivity index (χ0n) is 12.2. The molecule has 4 N–H and O–H groups in total. The van der Waals surface area contributed by atoms with E-state index >= 15 is 0 Å². The van der Waals surface area contributed by atoms with Crippen LogP contribution in [0.25, 0.3) is 0 Å². The van der Waals surface area contributed by atoms with Gasteiger partial charge in [-0.2, -0.15) is 0 Å². The number of carboxylic acids is 1. The van der Waals surface area contributed by atoms with Crippen LogP contribution in [0.3, 0.4) is 0 Å². The molecule has 1 rings (SSSR count). The van der Waals surface area contributed by atoms with Crippen molar-refractivity contribution in [3.63, 3.8) is 0 Å². The molecule has 0 spiro atoms. The third-order valence-corrected chi connectivity index (χ3v) is 3.79. The first kappa shape index (κ1) is 17.7. The highest BCUT2D eigenvalue weighted by atomic mass is 79.9. The molecule has 0 saturated carbocycles. The van der Waals surface area contributed by atoms with E-state index in [9.17, 15) is 9.59 Å².